The second-order valence-electron chi connectivity index (χ2n) is 8.18. The quantitative estimate of drug-likeness (QED) is 0.617. The summed E-state index contributed by atoms with van der Waals surface area (Å²) in [7, 11) is 0. The van der Waals surface area contributed by atoms with Crippen molar-refractivity contribution >= 4 is 28.9 Å². The zero-order valence-electron chi connectivity index (χ0n) is 18.3. The fourth-order valence-electron chi connectivity index (χ4n) is 4.20. The average molecular weight is 430 g/mol. The largest absolute Gasteiger partial charge is 0.478 e. The molecule has 1 aliphatic heterocycles. The number of nitrogens with zero attached hydrogens (tertiary/aromatic N) is 2. The van der Waals surface area contributed by atoms with Crippen LogP contribution in [-0.2, 0) is 0 Å². The molecule has 164 valence electrons. The lowest BCUT2D eigenvalue weighted by Gasteiger charge is -2.43. The number of hydrogen-bond acceptors (Lipinski definition) is 4. The van der Waals surface area contributed by atoms with Crippen molar-refractivity contribution in [2.75, 3.05) is 34.8 Å². The van der Waals surface area contributed by atoms with Crippen molar-refractivity contribution in [3.63, 3.8) is 0 Å². The van der Waals surface area contributed by atoms with Gasteiger partial charge in [0.1, 0.15) is 0 Å². The van der Waals surface area contributed by atoms with Gasteiger partial charge in [0, 0.05) is 36.9 Å². The smallest absolute Gasteiger partial charge is 0.335 e. The van der Waals surface area contributed by atoms with Gasteiger partial charge in [-0.25, -0.2) is 4.79 Å². The first-order valence-electron chi connectivity index (χ1n) is 10.7. The SMILES string of the molecule is Cc1cccc(N2CCN(c3ccc(C(=O)O)cc3NC(=O)c3ccccc3)C[C@@H]2C)c1. The first kappa shape index (κ1) is 21.4. The van der Waals surface area contributed by atoms with E-state index >= 15 is 0 Å². The predicted octanol–water partition coefficient (Wildman–Crippen LogP) is 4.66. The van der Waals surface area contributed by atoms with Crippen LogP contribution in [0.25, 0.3) is 0 Å². The fraction of sp³-hybridized carbons (Fsp3) is 0.231. The van der Waals surface area contributed by atoms with Crippen LogP contribution in [0.1, 0.15) is 33.2 Å². The molecular weight excluding hydrogens is 402 g/mol. The van der Waals surface area contributed by atoms with E-state index in [4.69, 9.17) is 0 Å². The average Bonchev–Trinajstić information content (AvgIpc) is 2.79. The Balaban J connectivity index is 1.59. The van der Waals surface area contributed by atoms with Crippen molar-refractivity contribution < 1.29 is 14.7 Å². The van der Waals surface area contributed by atoms with Gasteiger partial charge in [-0.1, -0.05) is 30.3 Å². The van der Waals surface area contributed by atoms with Crippen molar-refractivity contribution in [2.45, 2.75) is 19.9 Å². The Hall–Kier alpha value is -3.80. The Kier molecular flexibility index (Phi) is 6.12. The molecule has 3 aromatic carbocycles. The molecule has 4 rings (SSSR count). The molecule has 0 aliphatic carbocycles. The first-order chi connectivity index (χ1) is 15.4. The van der Waals surface area contributed by atoms with Crippen LogP contribution in [0.3, 0.4) is 0 Å². The highest BCUT2D eigenvalue weighted by Gasteiger charge is 2.26. The Labute approximate surface area is 188 Å². The van der Waals surface area contributed by atoms with Crippen LogP contribution in [-0.4, -0.2) is 42.7 Å². The number of rotatable bonds is 5. The normalized spacial score (nSPS) is 16.0. The molecule has 0 aromatic heterocycles. The number of carboxylic acid groups (broad SMARTS) is 1. The number of benzene rings is 3. The van der Waals surface area contributed by atoms with Crippen LogP contribution in [0.4, 0.5) is 17.1 Å². The van der Waals surface area contributed by atoms with Gasteiger partial charge < -0.3 is 20.2 Å². The zero-order valence-corrected chi connectivity index (χ0v) is 18.3. The Morgan fingerprint density at radius 3 is 2.41 bits per heavy atom. The van der Waals surface area contributed by atoms with Gasteiger partial charge in [-0.05, 0) is 61.9 Å². The molecule has 1 atom stereocenters. The number of carbonyl (C=O) groups excluding carboxylic acids is 1. The lowest BCUT2D eigenvalue weighted by molar-refractivity contribution is 0.0696. The molecule has 1 amide bonds. The molecule has 1 heterocycles. The summed E-state index contributed by atoms with van der Waals surface area (Å²) < 4.78 is 0. The van der Waals surface area contributed by atoms with Crippen LogP contribution in [0.5, 0.6) is 0 Å². The van der Waals surface area contributed by atoms with E-state index in [1.54, 1.807) is 36.4 Å². The molecule has 0 saturated carbocycles. The lowest BCUT2D eigenvalue weighted by atomic mass is 10.1. The van der Waals surface area contributed by atoms with Gasteiger partial charge in [-0.2, -0.15) is 0 Å². The van der Waals surface area contributed by atoms with Crippen molar-refractivity contribution in [1.29, 1.82) is 0 Å². The zero-order chi connectivity index (χ0) is 22.7. The standard InChI is InChI=1S/C26H27N3O3/c1-18-7-6-10-22(15-18)29-14-13-28(17-19(29)2)24-12-11-21(26(31)32)16-23(24)27-25(30)20-8-4-3-5-9-20/h3-12,15-16,19H,13-14,17H2,1-2H3,(H,27,30)(H,31,32)/t19-/m0/s1. The maximum Gasteiger partial charge on any atom is 0.335 e. The maximum atomic E-state index is 12.8. The van der Waals surface area contributed by atoms with Crippen molar-refractivity contribution in [3.8, 4) is 0 Å². The van der Waals surface area contributed by atoms with Gasteiger partial charge in [0.05, 0.1) is 16.9 Å². The number of hydrogen-bond donors (Lipinski definition) is 2. The maximum absolute atomic E-state index is 12.8. The minimum Gasteiger partial charge on any atom is -0.478 e. The topological polar surface area (TPSA) is 72.9 Å². The minimum absolute atomic E-state index is 0.142. The molecule has 6 nitrogen and oxygen atoms in total. The number of amides is 1. The van der Waals surface area contributed by atoms with E-state index in [2.05, 4.69) is 53.2 Å². The summed E-state index contributed by atoms with van der Waals surface area (Å²) in [6, 6.07) is 22.6. The van der Waals surface area contributed by atoms with E-state index in [9.17, 15) is 14.7 Å². The van der Waals surface area contributed by atoms with Crippen molar-refractivity contribution in [1.82, 2.24) is 0 Å². The molecule has 32 heavy (non-hydrogen) atoms. The van der Waals surface area contributed by atoms with Gasteiger partial charge >= 0.3 is 5.97 Å². The number of nitrogens with one attached hydrogen (secondary N) is 1. The van der Waals surface area contributed by atoms with Crippen LogP contribution < -0.4 is 15.1 Å². The van der Waals surface area contributed by atoms with Gasteiger partial charge in [0.15, 0.2) is 0 Å². The van der Waals surface area contributed by atoms with E-state index in [0.29, 0.717) is 11.3 Å². The summed E-state index contributed by atoms with van der Waals surface area (Å²) in [5.41, 5.74) is 4.44. The third kappa shape index (κ3) is 4.59. The first-order valence-corrected chi connectivity index (χ1v) is 10.7. The monoisotopic (exact) mass is 429 g/mol. The molecule has 2 N–H and O–H groups in total. The molecule has 0 radical (unpaired) electrons. The van der Waals surface area contributed by atoms with Crippen LogP contribution >= 0.6 is 0 Å². The highest BCUT2D eigenvalue weighted by Crippen LogP contribution is 2.31. The van der Waals surface area contributed by atoms with Gasteiger partial charge in [-0.3, -0.25) is 4.79 Å². The molecule has 0 spiro atoms. The number of anilines is 3. The van der Waals surface area contributed by atoms with E-state index < -0.39 is 5.97 Å². The number of piperazine rings is 1. The Morgan fingerprint density at radius 2 is 1.72 bits per heavy atom. The van der Waals surface area contributed by atoms with Crippen molar-refractivity contribution in [3.05, 3.63) is 89.5 Å². The van der Waals surface area contributed by atoms with Crippen LogP contribution in [0.15, 0.2) is 72.8 Å². The van der Waals surface area contributed by atoms with E-state index in [1.165, 1.54) is 17.3 Å². The molecule has 1 aliphatic rings. The Morgan fingerprint density at radius 1 is 0.938 bits per heavy atom. The number of carboxylic acids is 1. The fourth-order valence-corrected chi connectivity index (χ4v) is 4.20. The summed E-state index contributed by atoms with van der Waals surface area (Å²) in [5, 5.41) is 12.4. The number of carbonyl (C=O) groups is 2. The van der Waals surface area contributed by atoms with Crippen LogP contribution in [0.2, 0.25) is 0 Å². The second-order valence-corrected chi connectivity index (χ2v) is 8.18. The van der Waals surface area contributed by atoms with Gasteiger partial charge in [-0.15, -0.1) is 0 Å². The third-order valence-electron chi connectivity index (χ3n) is 5.83. The summed E-state index contributed by atoms with van der Waals surface area (Å²) >= 11 is 0. The van der Waals surface area contributed by atoms with E-state index in [1.807, 2.05) is 6.07 Å². The molecule has 1 saturated heterocycles. The predicted molar refractivity (Wildman–Crippen MR) is 128 cm³/mol. The number of aromatic carboxylic acids is 1. The molecule has 6 heteroatoms. The molecule has 0 unspecified atom stereocenters. The van der Waals surface area contributed by atoms with Gasteiger partial charge in [0.2, 0.25) is 0 Å². The summed E-state index contributed by atoms with van der Waals surface area (Å²) in [5.74, 6) is -1.29. The molecular formula is C26H27N3O3. The molecule has 0 bridgehead atoms. The highest BCUT2D eigenvalue weighted by molar-refractivity contribution is 6.06. The molecule has 3 aromatic rings. The molecule has 1 fully saturated rings. The van der Waals surface area contributed by atoms with E-state index in [0.717, 1.165) is 25.3 Å². The third-order valence-corrected chi connectivity index (χ3v) is 5.83. The highest BCUT2D eigenvalue weighted by atomic mass is 16.4. The van der Waals surface area contributed by atoms with E-state index in [-0.39, 0.29) is 17.5 Å². The van der Waals surface area contributed by atoms with Gasteiger partial charge in [0.25, 0.3) is 5.91 Å². The summed E-state index contributed by atoms with van der Waals surface area (Å²) in [6.07, 6.45) is 0. The Bertz CT molecular complexity index is 1130. The lowest BCUT2D eigenvalue weighted by Crippen LogP contribution is -2.52. The minimum atomic E-state index is -1.02. The summed E-state index contributed by atoms with van der Waals surface area (Å²) in [6.45, 7) is 6.63. The summed E-state index contributed by atoms with van der Waals surface area (Å²) in [4.78, 5) is 28.9. The second kappa shape index (κ2) is 9.14. The van der Waals surface area contributed by atoms with Crippen LogP contribution in [0, 0.1) is 6.92 Å². The number of aryl methyl sites for hydroxylation is 1. The van der Waals surface area contributed by atoms with Crippen molar-refractivity contribution in [2.24, 2.45) is 0 Å².